The highest BCUT2D eigenvalue weighted by Gasteiger charge is 2.27. The summed E-state index contributed by atoms with van der Waals surface area (Å²) in [6.07, 6.45) is 0.470. The molecule has 0 amide bonds. The van der Waals surface area contributed by atoms with Crippen LogP contribution < -0.4 is 0 Å². The van der Waals surface area contributed by atoms with Gasteiger partial charge in [0.15, 0.2) is 9.84 Å². The van der Waals surface area contributed by atoms with Crippen molar-refractivity contribution in [3.8, 4) is 0 Å². The van der Waals surface area contributed by atoms with Gasteiger partial charge in [-0.1, -0.05) is 0 Å². The number of rotatable bonds is 2. The molecular weight excluding hydrogens is 216 g/mol. The van der Waals surface area contributed by atoms with Crippen LogP contribution in [0.4, 0.5) is 0 Å². The maximum atomic E-state index is 11.5. The van der Waals surface area contributed by atoms with E-state index in [1.54, 1.807) is 4.68 Å². The first-order valence-electron chi connectivity index (χ1n) is 4.96. The molecule has 0 unspecified atom stereocenters. The molecule has 1 aliphatic heterocycles. The van der Waals surface area contributed by atoms with Gasteiger partial charge >= 0.3 is 0 Å². The first kappa shape index (κ1) is 10.6. The molecule has 84 valence electrons. The van der Waals surface area contributed by atoms with Crippen LogP contribution in [-0.4, -0.2) is 29.1 Å². The van der Waals surface area contributed by atoms with Gasteiger partial charge in [-0.25, -0.2) is 8.42 Å². The zero-order chi connectivity index (χ0) is 11.1. The minimum atomic E-state index is -2.99. The molecule has 1 aromatic heterocycles. The van der Waals surface area contributed by atoms with E-state index in [4.69, 9.17) is 0 Å². The summed E-state index contributed by atoms with van der Waals surface area (Å²) in [5, 5.41) is 13.5. The van der Waals surface area contributed by atoms with Crippen LogP contribution in [0.5, 0.6) is 0 Å². The van der Waals surface area contributed by atoms with Gasteiger partial charge in [-0.3, -0.25) is 4.68 Å². The molecule has 2 heterocycles. The number of hydrogen-bond donors (Lipinski definition) is 1. The van der Waals surface area contributed by atoms with E-state index in [1.165, 1.54) is 0 Å². The smallest absolute Gasteiger partial charge is 0.154 e. The van der Waals surface area contributed by atoms with Gasteiger partial charge in [0, 0.05) is 18.5 Å². The van der Waals surface area contributed by atoms with Gasteiger partial charge < -0.3 is 5.11 Å². The third-order valence-electron chi connectivity index (χ3n) is 2.71. The molecule has 15 heavy (non-hydrogen) atoms. The van der Waals surface area contributed by atoms with Crippen molar-refractivity contribution in [3.05, 3.63) is 17.0 Å². The summed E-state index contributed by atoms with van der Waals surface area (Å²) in [6.45, 7) is 2.43. The quantitative estimate of drug-likeness (QED) is 0.768. The molecule has 0 aliphatic carbocycles. The van der Waals surface area contributed by atoms with Crippen LogP contribution in [0.1, 0.15) is 23.9 Å². The van der Waals surface area contributed by atoms with Crippen LogP contribution in [0.3, 0.4) is 0 Å². The van der Waals surface area contributed by atoms with Crippen LogP contribution in [0.2, 0.25) is 0 Å². The molecule has 0 saturated heterocycles. The highest BCUT2D eigenvalue weighted by molar-refractivity contribution is 7.90. The summed E-state index contributed by atoms with van der Waals surface area (Å²) in [7, 11) is -2.99. The molecule has 0 bridgehead atoms. The lowest BCUT2D eigenvalue weighted by Crippen LogP contribution is -2.19. The van der Waals surface area contributed by atoms with Crippen molar-refractivity contribution in [2.24, 2.45) is 0 Å². The summed E-state index contributed by atoms with van der Waals surface area (Å²) in [5.41, 5.74) is 2.19. The second-order valence-electron chi connectivity index (χ2n) is 3.69. The highest BCUT2D eigenvalue weighted by Crippen LogP contribution is 2.23. The van der Waals surface area contributed by atoms with Crippen LogP contribution in [-0.2, 0) is 35.2 Å². The lowest BCUT2D eigenvalue weighted by atomic mass is 10.1. The van der Waals surface area contributed by atoms with Crippen LogP contribution in [0.25, 0.3) is 0 Å². The van der Waals surface area contributed by atoms with Crippen molar-refractivity contribution in [3.63, 3.8) is 0 Å². The van der Waals surface area contributed by atoms with Crippen molar-refractivity contribution < 1.29 is 13.5 Å². The lowest BCUT2D eigenvalue weighted by molar-refractivity contribution is 0.267. The zero-order valence-electron chi connectivity index (χ0n) is 8.60. The molecule has 6 heteroatoms. The van der Waals surface area contributed by atoms with Crippen molar-refractivity contribution >= 4 is 9.84 Å². The number of aliphatic hydroxyl groups excluding tert-OH is 1. The molecule has 0 radical (unpaired) electrons. The molecule has 5 nitrogen and oxygen atoms in total. The van der Waals surface area contributed by atoms with E-state index in [2.05, 4.69) is 5.10 Å². The van der Waals surface area contributed by atoms with Gasteiger partial charge in [0.1, 0.15) is 0 Å². The Labute approximate surface area is 88.6 Å². The first-order chi connectivity index (χ1) is 7.07. The van der Waals surface area contributed by atoms with Gasteiger partial charge in [-0.05, 0) is 6.92 Å². The number of nitrogens with zero attached hydrogens (tertiary/aromatic N) is 2. The first-order valence-corrected chi connectivity index (χ1v) is 6.78. The monoisotopic (exact) mass is 230 g/mol. The average Bonchev–Trinajstić information content (AvgIpc) is 2.53. The van der Waals surface area contributed by atoms with Gasteiger partial charge in [-0.15, -0.1) is 0 Å². The van der Waals surface area contributed by atoms with Crippen LogP contribution in [0, 0.1) is 0 Å². The molecular formula is C9H14N2O3S. The third kappa shape index (κ3) is 1.79. The SMILES string of the molecule is CCn1nc2c(c1CO)CS(=O)(=O)CC2. The highest BCUT2D eigenvalue weighted by atomic mass is 32.2. The minimum Gasteiger partial charge on any atom is -0.390 e. The second kappa shape index (κ2) is 3.61. The average molecular weight is 230 g/mol. The zero-order valence-corrected chi connectivity index (χ0v) is 9.42. The Morgan fingerprint density at radius 3 is 2.87 bits per heavy atom. The maximum absolute atomic E-state index is 11.5. The summed E-state index contributed by atoms with van der Waals surface area (Å²) in [4.78, 5) is 0. The van der Waals surface area contributed by atoms with Crippen LogP contribution in [0.15, 0.2) is 0 Å². The molecule has 0 spiro atoms. The summed E-state index contributed by atoms with van der Waals surface area (Å²) in [5.74, 6) is 0.198. The fourth-order valence-electron chi connectivity index (χ4n) is 1.94. The Morgan fingerprint density at radius 1 is 1.53 bits per heavy atom. The number of aliphatic hydroxyl groups is 1. The molecule has 1 N–H and O–H groups in total. The molecule has 0 fully saturated rings. The Balaban J connectivity index is 2.52. The Bertz CT molecular complexity index is 476. The maximum Gasteiger partial charge on any atom is 0.154 e. The van der Waals surface area contributed by atoms with E-state index in [9.17, 15) is 13.5 Å². The Morgan fingerprint density at radius 2 is 2.27 bits per heavy atom. The fraction of sp³-hybridized carbons (Fsp3) is 0.667. The van der Waals surface area contributed by atoms with Gasteiger partial charge in [-0.2, -0.15) is 5.10 Å². The molecule has 0 atom stereocenters. The number of aromatic nitrogens is 2. The lowest BCUT2D eigenvalue weighted by Gasteiger charge is -2.11. The van der Waals surface area contributed by atoms with E-state index >= 15 is 0 Å². The standard InChI is InChI=1S/C9H14N2O3S/c1-2-11-9(5-12)7-6-15(13,14)4-3-8(7)10-11/h12H,2-6H2,1H3. The predicted molar refractivity (Wildman–Crippen MR) is 55.0 cm³/mol. The number of hydrogen-bond acceptors (Lipinski definition) is 4. The van der Waals surface area contributed by atoms with Gasteiger partial charge in [0.2, 0.25) is 0 Å². The van der Waals surface area contributed by atoms with Crippen LogP contribution >= 0.6 is 0 Å². The Kier molecular flexibility index (Phi) is 2.56. The summed E-state index contributed by atoms with van der Waals surface area (Å²) in [6, 6.07) is 0. The third-order valence-corrected chi connectivity index (χ3v) is 4.27. The second-order valence-corrected chi connectivity index (χ2v) is 5.87. The van der Waals surface area contributed by atoms with Crippen molar-refractivity contribution in [2.45, 2.75) is 32.2 Å². The van der Waals surface area contributed by atoms with E-state index in [-0.39, 0.29) is 18.1 Å². The largest absolute Gasteiger partial charge is 0.390 e. The Hall–Kier alpha value is -0.880. The van der Waals surface area contributed by atoms with Crippen molar-refractivity contribution in [1.82, 2.24) is 9.78 Å². The molecule has 1 aromatic rings. The summed E-state index contributed by atoms with van der Waals surface area (Å²) >= 11 is 0. The summed E-state index contributed by atoms with van der Waals surface area (Å²) < 4.78 is 24.6. The molecule has 1 aliphatic rings. The predicted octanol–water partition coefficient (Wildman–Crippen LogP) is -0.134. The molecule has 0 aromatic carbocycles. The van der Waals surface area contributed by atoms with Crippen molar-refractivity contribution in [1.29, 1.82) is 0 Å². The fourth-order valence-corrected chi connectivity index (χ4v) is 3.36. The number of sulfone groups is 1. The minimum absolute atomic E-state index is 0.0260. The number of fused-ring (bicyclic) bond motifs is 1. The van der Waals surface area contributed by atoms with Gasteiger partial charge in [0.25, 0.3) is 0 Å². The van der Waals surface area contributed by atoms with E-state index < -0.39 is 9.84 Å². The molecule has 0 saturated carbocycles. The van der Waals surface area contributed by atoms with E-state index in [1.807, 2.05) is 6.92 Å². The van der Waals surface area contributed by atoms with E-state index in [0.29, 0.717) is 24.2 Å². The normalized spacial score (nSPS) is 18.8. The molecule has 2 rings (SSSR count). The van der Waals surface area contributed by atoms with Crippen molar-refractivity contribution in [2.75, 3.05) is 5.75 Å². The van der Waals surface area contributed by atoms with Gasteiger partial charge in [0.05, 0.1) is 29.5 Å². The van der Waals surface area contributed by atoms with E-state index in [0.717, 1.165) is 5.69 Å². The number of aryl methyl sites for hydroxylation is 2. The topological polar surface area (TPSA) is 72.2 Å².